The highest BCUT2D eigenvalue weighted by molar-refractivity contribution is 5.97. The Morgan fingerprint density at radius 1 is 1.00 bits per heavy atom. The largest absolute Gasteiger partial charge is 0.391 e. The maximum Gasteiger partial charge on any atom is 0.268 e. The van der Waals surface area contributed by atoms with Gasteiger partial charge in [0.1, 0.15) is 6.04 Å². The summed E-state index contributed by atoms with van der Waals surface area (Å²) in [7, 11) is 1.28. The van der Waals surface area contributed by atoms with Gasteiger partial charge in [0.25, 0.3) is 11.8 Å². The summed E-state index contributed by atoms with van der Waals surface area (Å²) in [5, 5.41) is 12.2. The molecule has 6 nitrogen and oxygen atoms in total. The van der Waals surface area contributed by atoms with E-state index >= 15 is 0 Å². The molecule has 0 spiro atoms. The van der Waals surface area contributed by atoms with E-state index in [-0.39, 0.29) is 0 Å². The first-order chi connectivity index (χ1) is 11.5. The summed E-state index contributed by atoms with van der Waals surface area (Å²) >= 11 is 0. The Bertz CT molecular complexity index is 684. The highest BCUT2D eigenvalue weighted by Crippen LogP contribution is 2.19. The quantitative estimate of drug-likeness (QED) is 0.702. The molecule has 3 N–H and O–H groups in total. The van der Waals surface area contributed by atoms with Crippen molar-refractivity contribution in [1.29, 1.82) is 0 Å². The predicted octanol–water partition coefficient (Wildman–Crippen LogP) is 1.51. The van der Waals surface area contributed by atoms with E-state index < -0.39 is 24.0 Å². The number of nitrogens with one attached hydrogen (secondary N) is 2. The van der Waals surface area contributed by atoms with Gasteiger partial charge in [0.2, 0.25) is 0 Å². The van der Waals surface area contributed by atoms with Crippen LogP contribution in [0.5, 0.6) is 0 Å². The monoisotopic (exact) mass is 328 g/mol. The molecule has 0 saturated carbocycles. The van der Waals surface area contributed by atoms with Crippen molar-refractivity contribution in [1.82, 2.24) is 10.8 Å². The van der Waals surface area contributed by atoms with Crippen LogP contribution in [0.3, 0.4) is 0 Å². The second-order valence-electron chi connectivity index (χ2n) is 5.31. The van der Waals surface area contributed by atoms with E-state index in [1.54, 1.807) is 12.1 Å². The van der Waals surface area contributed by atoms with E-state index in [0.717, 1.165) is 11.1 Å². The van der Waals surface area contributed by atoms with Crippen molar-refractivity contribution in [2.45, 2.75) is 19.1 Å². The van der Waals surface area contributed by atoms with E-state index in [1.807, 2.05) is 42.5 Å². The minimum absolute atomic E-state index is 0.394. The fraction of sp³-hybridized carbons (Fsp3) is 0.222. The van der Waals surface area contributed by atoms with Gasteiger partial charge in [0, 0.05) is 5.56 Å². The van der Waals surface area contributed by atoms with E-state index in [9.17, 15) is 14.7 Å². The molecule has 0 fully saturated rings. The van der Waals surface area contributed by atoms with Crippen molar-refractivity contribution < 1.29 is 19.5 Å². The lowest BCUT2D eigenvalue weighted by atomic mass is 10.0. The number of carbonyl (C=O) groups is 2. The van der Waals surface area contributed by atoms with Gasteiger partial charge in [0.15, 0.2) is 0 Å². The van der Waals surface area contributed by atoms with Gasteiger partial charge in [0.05, 0.1) is 13.2 Å². The molecule has 0 aliphatic carbocycles. The lowest BCUT2D eigenvalue weighted by molar-refractivity contribution is -0.135. The van der Waals surface area contributed by atoms with Gasteiger partial charge >= 0.3 is 0 Å². The predicted molar refractivity (Wildman–Crippen MR) is 90.0 cm³/mol. The molecular formula is C18H20N2O4. The van der Waals surface area contributed by atoms with Crippen LogP contribution < -0.4 is 10.8 Å². The van der Waals surface area contributed by atoms with Gasteiger partial charge in [-0.25, -0.2) is 5.48 Å². The maximum absolute atomic E-state index is 12.3. The number of benzene rings is 2. The molecule has 0 aliphatic heterocycles. The zero-order valence-corrected chi connectivity index (χ0v) is 13.5. The second-order valence-corrected chi connectivity index (χ2v) is 5.31. The normalized spacial score (nSPS) is 13.0. The van der Waals surface area contributed by atoms with Crippen molar-refractivity contribution in [3.8, 4) is 11.1 Å². The minimum Gasteiger partial charge on any atom is -0.391 e. The number of hydrogen-bond donors (Lipinski definition) is 3. The molecule has 126 valence electrons. The molecule has 0 radical (unpaired) electrons. The van der Waals surface area contributed by atoms with Crippen LogP contribution in [-0.2, 0) is 9.63 Å². The van der Waals surface area contributed by atoms with Gasteiger partial charge in [-0.3, -0.25) is 14.4 Å². The molecule has 0 heterocycles. The number of carbonyl (C=O) groups excluding carboxylic acids is 2. The Kier molecular flexibility index (Phi) is 6.06. The molecule has 2 amide bonds. The topological polar surface area (TPSA) is 87.7 Å². The third kappa shape index (κ3) is 4.41. The number of aliphatic hydroxyl groups excluding tert-OH is 1. The molecule has 2 aromatic carbocycles. The number of amides is 2. The first kappa shape index (κ1) is 17.7. The van der Waals surface area contributed by atoms with Gasteiger partial charge < -0.3 is 10.4 Å². The molecule has 24 heavy (non-hydrogen) atoms. The SMILES string of the molecule is CONC(=O)C(NC(=O)c1ccc(-c2ccccc2)cc1)C(C)O. The highest BCUT2D eigenvalue weighted by atomic mass is 16.6. The lowest BCUT2D eigenvalue weighted by Gasteiger charge is -2.20. The van der Waals surface area contributed by atoms with Crippen LogP contribution in [0.2, 0.25) is 0 Å². The van der Waals surface area contributed by atoms with E-state index in [1.165, 1.54) is 14.0 Å². The molecule has 0 bridgehead atoms. The van der Waals surface area contributed by atoms with Crippen molar-refractivity contribution >= 4 is 11.8 Å². The molecule has 0 saturated heterocycles. The van der Waals surface area contributed by atoms with Crippen molar-refractivity contribution in [3.63, 3.8) is 0 Å². The van der Waals surface area contributed by atoms with E-state index in [2.05, 4.69) is 15.6 Å². The first-order valence-electron chi connectivity index (χ1n) is 7.50. The molecule has 6 heteroatoms. The fourth-order valence-corrected chi connectivity index (χ4v) is 2.24. The number of aliphatic hydroxyl groups is 1. The van der Waals surface area contributed by atoms with Crippen LogP contribution in [-0.4, -0.2) is 36.2 Å². The van der Waals surface area contributed by atoms with Gasteiger partial charge in [-0.15, -0.1) is 0 Å². The molecule has 0 aliphatic rings. The van der Waals surface area contributed by atoms with Crippen molar-refractivity contribution in [3.05, 3.63) is 60.2 Å². The Labute approximate surface area is 140 Å². The number of hydrogen-bond acceptors (Lipinski definition) is 4. The second kappa shape index (κ2) is 8.24. The average Bonchev–Trinajstić information content (AvgIpc) is 2.60. The van der Waals surface area contributed by atoms with Crippen LogP contribution in [0, 0.1) is 0 Å². The minimum atomic E-state index is -1.11. The van der Waals surface area contributed by atoms with Crippen LogP contribution in [0.25, 0.3) is 11.1 Å². The van der Waals surface area contributed by atoms with Gasteiger partial charge in [-0.05, 0) is 30.2 Å². The molecule has 2 rings (SSSR count). The summed E-state index contributed by atoms with van der Waals surface area (Å²) in [6.45, 7) is 1.42. The Morgan fingerprint density at radius 3 is 2.12 bits per heavy atom. The summed E-state index contributed by atoms with van der Waals surface area (Å²) in [6.07, 6.45) is -1.06. The number of hydroxylamine groups is 1. The molecule has 2 aromatic rings. The first-order valence-corrected chi connectivity index (χ1v) is 7.50. The van der Waals surface area contributed by atoms with Crippen molar-refractivity contribution in [2.75, 3.05) is 7.11 Å². The maximum atomic E-state index is 12.3. The summed E-state index contributed by atoms with van der Waals surface area (Å²) in [5.41, 5.74) is 4.52. The number of rotatable bonds is 6. The molecular weight excluding hydrogens is 308 g/mol. The third-order valence-electron chi connectivity index (χ3n) is 3.51. The van der Waals surface area contributed by atoms with Crippen LogP contribution in [0.4, 0.5) is 0 Å². The van der Waals surface area contributed by atoms with Crippen LogP contribution in [0.1, 0.15) is 17.3 Å². The standard InChI is InChI=1S/C18H20N2O4/c1-12(21)16(18(23)20-24-2)19-17(22)15-10-8-14(9-11-15)13-6-4-3-5-7-13/h3-12,16,21H,1-2H3,(H,19,22)(H,20,23). The smallest absolute Gasteiger partial charge is 0.268 e. The van der Waals surface area contributed by atoms with Gasteiger partial charge in [-0.1, -0.05) is 42.5 Å². The lowest BCUT2D eigenvalue weighted by Crippen LogP contribution is -2.52. The summed E-state index contributed by atoms with van der Waals surface area (Å²) in [4.78, 5) is 28.6. The summed E-state index contributed by atoms with van der Waals surface area (Å²) in [6, 6.07) is 15.7. The highest BCUT2D eigenvalue weighted by Gasteiger charge is 2.26. The zero-order valence-electron chi connectivity index (χ0n) is 13.5. The summed E-state index contributed by atoms with van der Waals surface area (Å²) in [5.74, 6) is -1.08. The molecule has 0 aromatic heterocycles. The Balaban J connectivity index is 2.10. The zero-order chi connectivity index (χ0) is 17.5. The molecule has 2 atom stereocenters. The van der Waals surface area contributed by atoms with Gasteiger partial charge in [-0.2, -0.15) is 0 Å². The van der Waals surface area contributed by atoms with Crippen LogP contribution >= 0.6 is 0 Å². The Morgan fingerprint density at radius 2 is 1.58 bits per heavy atom. The average molecular weight is 328 g/mol. The molecule has 2 unspecified atom stereocenters. The van der Waals surface area contributed by atoms with Crippen molar-refractivity contribution in [2.24, 2.45) is 0 Å². The fourth-order valence-electron chi connectivity index (χ4n) is 2.24. The summed E-state index contributed by atoms with van der Waals surface area (Å²) < 4.78 is 0. The Hall–Kier alpha value is -2.70. The van der Waals surface area contributed by atoms with E-state index in [0.29, 0.717) is 5.56 Å². The van der Waals surface area contributed by atoms with Crippen LogP contribution in [0.15, 0.2) is 54.6 Å². The van der Waals surface area contributed by atoms with E-state index in [4.69, 9.17) is 0 Å². The third-order valence-corrected chi connectivity index (χ3v) is 3.51.